The van der Waals surface area contributed by atoms with Crippen molar-refractivity contribution in [2.45, 2.75) is 38.1 Å². The molecule has 2 rings (SSSR count). The quantitative estimate of drug-likeness (QED) is 0.832. The predicted octanol–water partition coefficient (Wildman–Crippen LogP) is 2.78. The average Bonchev–Trinajstić information content (AvgIpc) is 2.18. The maximum Gasteiger partial charge on any atom is 0.115 e. The smallest absolute Gasteiger partial charge is 0.115 e. The van der Waals surface area contributed by atoms with E-state index in [9.17, 15) is 5.11 Å². The van der Waals surface area contributed by atoms with Crippen LogP contribution in [0.1, 0.15) is 31.4 Å². The molecule has 0 bridgehead atoms. The number of rotatable bonds is 1. The summed E-state index contributed by atoms with van der Waals surface area (Å²) in [5, 5.41) is 12.9. The number of fused-ring (bicyclic) bond motifs is 1. The summed E-state index contributed by atoms with van der Waals surface area (Å²) >= 11 is 0. The molecule has 0 saturated carbocycles. The molecule has 0 spiro atoms. The number of hydrogen-bond donors (Lipinski definition) is 2. The monoisotopic (exact) mass is 285 g/mol. The fraction of sp³-hybridized carbons (Fsp3) is 0.538. The van der Waals surface area contributed by atoms with Crippen molar-refractivity contribution in [1.29, 1.82) is 0 Å². The lowest BCUT2D eigenvalue weighted by molar-refractivity contribution is 0.355. The zero-order valence-electron chi connectivity index (χ0n) is 10.1. The molecule has 0 amide bonds. The third kappa shape index (κ3) is 2.41. The van der Waals surface area contributed by atoms with E-state index in [4.69, 9.17) is 0 Å². The Balaban J connectivity index is 0.00000128. The molecule has 1 aromatic rings. The normalized spacial score (nSPS) is 22.1. The fourth-order valence-corrected chi connectivity index (χ4v) is 2.64. The van der Waals surface area contributed by atoms with Gasteiger partial charge in [0, 0.05) is 6.04 Å². The minimum atomic E-state index is 0. The Morgan fingerprint density at radius 1 is 1.38 bits per heavy atom. The maximum atomic E-state index is 9.53. The van der Waals surface area contributed by atoms with Gasteiger partial charge in [-0.2, -0.15) is 0 Å². The van der Waals surface area contributed by atoms with Crippen LogP contribution in [0, 0.1) is 0 Å². The standard InChI is InChI=1S/C13H19NO.BrH/c1-13(2)8-10(14-3)6-9-4-5-11(15)7-12(9)13;/h4-5,7,10,14-15H,6,8H2,1-3H3;1H. The van der Waals surface area contributed by atoms with Gasteiger partial charge in [0.15, 0.2) is 0 Å². The van der Waals surface area contributed by atoms with Gasteiger partial charge < -0.3 is 10.4 Å². The number of nitrogens with one attached hydrogen (secondary N) is 1. The van der Waals surface area contributed by atoms with E-state index < -0.39 is 0 Å². The lowest BCUT2D eigenvalue weighted by Gasteiger charge is -2.37. The number of phenols is 1. The number of benzene rings is 1. The van der Waals surface area contributed by atoms with Crippen LogP contribution in [0.4, 0.5) is 0 Å². The zero-order valence-corrected chi connectivity index (χ0v) is 11.8. The molecule has 1 aliphatic carbocycles. The Hall–Kier alpha value is -0.540. The molecule has 0 aromatic heterocycles. The van der Waals surface area contributed by atoms with Crippen LogP contribution in [0.25, 0.3) is 0 Å². The first-order chi connectivity index (χ1) is 7.03. The van der Waals surface area contributed by atoms with Crippen LogP contribution in [-0.2, 0) is 11.8 Å². The molecular formula is C13H20BrNO. The van der Waals surface area contributed by atoms with E-state index in [1.54, 1.807) is 6.07 Å². The molecule has 0 heterocycles. The van der Waals surface area contributed by atoms with Crippen LogP contribution in [-0.4, -0.2) is 18.2 Å². The first-order valence-corrected chi connectivity index (χ1v) is 5.52. The molecule has 0 aliphatic heterocycles. The second-order valence-corrected chi connectivity index (χ2v) is 5.12. The van der Waals surface area contributed by atoms with Crippen LogP contribution in [0.3, 0.4) is 0 Å². The van der Waals surface area contributed by atoms with Crippen molar-refractivity contribution >= 4 is 17.0 Å². The van der Waals surface area contributed by atoms with E-state index >= 15 is 0 Å². The van der Waals surface area contributed by atoms with E-state index in [-0.39, 0.29) is 22.4 Å². The summed E-state index contributed by atoms with van der Waals surface area (Å²) in [6, 6.07) is 6.31. The third-order valence-electron chi connectivity index (χ3n) is 3.45. The van der Waals surface area contributed by atoms with Gasteiger partial charge >= 0.3 is 0 Å². The molecule has 1 atom stereocenters. The molecule has 0 fully saturated rings. The summed E-state index contributed by atoms with van der Waals surface area (Å²) in [6.45, 7) is 4.49. The van der Waals surface area contributed by atoms with Gasteiger partial charge in [-0.15, -0.1) is 17.0 Å². The van der Waals surface area contributed by atoms with Crippen molar-refractivity contribution in [3.8, 4) is 5.75 Å². The van der Waals surface area contributed by atoms with E-state index in [0.29, 0.717) is 11.8 Å². The summed E-state index contributed by atoms with van der Waals surface area (Å²) in [6.07, 6.45) is 2.19. The van der Waals surface area contributed by atoms with Crippen molar-refractivity contribution in [2.24, 2.45) is 0 Å². The van der Waals surface area contributed by atoms with E-state index in [1.807, 2.05) is 13.1 Å². The Bertz CT molecular complexity index is 376. The number of phenolic OH excluding ortho intramolecular Hbond substituents is 1. The van der Waals surface area contributed by atoms with Crippen LogP contribution in [0.2, 0.25) is 0 Å². The largest absolute Gasteiger partial charge is 0.508 e. The van der Waals surface area contributed by atoms with E-state index in [1.165, 1.54) is 11.1 Å². The van der Waals surface area contributed by atoms with Crippen molar-refractivity contribution in [2.75, 3.05) is 7.05 Å². The summed E-state index contributed by atoms with van der Waals surface area (Å²) in [5.74, 6) is 0.379. The second-order valence-electron chi connectivity index (χ2n) is 5.12. The highest BCUT2D eigenvalue weighted by Gasteiger charge is 2.32. The van der Waals surface area contributed by atoms with Gasteiger partial charge in [0.1, 0.15) is 5.75 Å². The van der Waals surface area contributed by atoms with Crippen molar-refractivity contribution in [3.05, 3.63) is 29.3 Å². The number of likely N-dealkylation sites (N-methyl/N-ethyl adjacent to an activating group) is 1. The molecule has 3 heteroatoms. The van der Waals surface area contributed by atoms with E-state index in [0.717, 1.165) is 12.8 Å². The molecule has 16 heavy (non-hydrogen) atoms. The summed E-state index contributed by atoms with van der Waals surface area (Å²) in [7, 11) is 2.02. The van der Waals surface area contributed by atoms with Gasteiger partial charge in [0.05, 0.1) is 0 Å². The first-order valence-electron chi connectivity index (χ1n) is 5.52. The lowest BCUT2D eigenvalue weighted by atomic mass is 9.71. The Morgan fingerprint density at radius 2 is 2.06 bits per heavy atom. The van der Waals surface area contributed by atoms with Gasteiger partial charge in [-0.3, -0.25) is 0 Å². The zero-order chi connectivity index (χ0) is 11.1. The lowest BCUT2D eigenvalue weighted by Crippen LogP contribution is -2.39. The summed E-state index contributed by atoms with van der Waals surface area (Å²) in [5.41, 5.74) is 2.82. The Labute approximate surface area is 108 Å². The molecule has 2 nitrogen and oxygen atoms in total. The predicted molar refractivity (Wildman–Crippen MR) is 72.6 cm³/mol. The second kappa shape index (κ2) is 4.76. The van der Waals surface area contributed by atoms with E-state index in [2.05, 4.69) is 25.2 Å². The van der Waals surface area contributed by atoms with Crippen molar-refractivity contribution in [3.63, 3.8) is 0 Å². The van der Waals surface area contributed by atoms with Crippen molar-refractivity contribution in [1.82, 2.24) is 5.32 Å². The highest BCUT2D eigenvalue weighted by molar-refractivity contribution is 8.93. The van der Waals surface area contributed by atoms with Crippen molar-refractivity contribution < 1.29 is 5.11 Å². The fourth-order valence-electron chi connectivity index (χ4n) is 2.64. The molecule has 0 radical (unpaired) electrons. The van der Waals surface area contributed by atoms with Crippen LogP contribution in [0.15, 0.2) is 18.2 Å². The molecular weight excluding hydrogens is 266 g/mol. The summed E-state index contributed by atoms with van der Waals surface area (Å²) < 4.78 is 0. The van der Waals surface area contributed by atoms with Gasteiger partial charge in [-0.05, 0) is 48.6 Å². The Kier molecular flexibility index (Phi) is 4.02. The third-order valence-corrected chi connectivity index (χ3v) is 3.45. The molecule has 1 unspecified atom stereocenters. The topological polar surface area (TPSA) is 32.3 Å². The minimum absolute atomic E-state index is 0. The van der Waals surface area contributed by atoms with Gasteiger partial charge in [0.25, 0.3) is 0 Å². The molecule has 90 valence electrons. The van der Waals surface area contributed by atoms with Gasteiger partial charge in [0.2, 0.25) is 0 Å². The van der Waals surface area contributed by atoms with Crippen LogP contribution < -0.4 is 5.32 Å². The SMILES string of the molecule is Br.CNC1Cc2ccc(O)cc2C(C)(C)C1. The number of hydrogen-bond acceptors (Lipinski definition) is 2. The molecule has 1 aromatic carbocycles. The molecule has 2 N–H and O–H groups in total. The first kappa shape index (κ1) is 13.5. The Morgan fingerprint density at radius 3 is 2.69 bits per heavy atom. The van der Waals surface area contributed by atoms with Gasteiger partial charge in [-0.1, -0.05) is 19.9 Å². The van der Waals surface area contributed by atoms with Crippen LogP contribution in [0.5, 0.6) is 5.75 Å². The van der Waals surface area contributed by atoms with Gasteiger partial charge in [-0.25, -0.2) is 0 Å². The molecule has 0 saturated heterocycles. The van der Waals surface area contributed by atoms with Crippen LogP contribution >= 0.6 is 17.0 Å². The molecule has 1 aliphatic rings. The highest BCUT2D eigenvalue weighted by Crippen LogP contribution is 2.38. The highest BCUT2D eigenvalue weighted by atomic mass is 79.9. The number of halogens is 1. The minimum Gasteiger partial charge on any atom is -0.508 e. The summed E-state index contributed by atoms with van der Waals surface area (Å²) in [4.78, 5) is 0. The average molecular weight is 286 g/mol. The number of aromatic hydroxyl groups is 1. The maximum absolute atomic E-state index is 9.53.